The van der Waals surface area contributed by atoms with Gasteiger partial charge in [0, 0.05) is 0 Å². The maximum atomic E-state index is 14.6. The molecule has 3 rings (SSSR count). The molecule has 1 atom stereocenters. The zero-order chi connectivity index (χ0) is 28.9. The molecule has 3 aromatic carbocycles. The van der Waals surface area contributed by atoms with E-state index in [1.807, 2.05) is 13.8 Å². The lowest BCUT2D eigenvalue weighted by Gasteiger charge is -2.11. The summed E-state index contributed by atoms with van der Waals surface area (Å²) in [6.07, 6.45) is 7.64. The smallest absolute Gasteiger partial charge is 0.343 e. The average Bonchev–Trinajstić information content (AvgIpc) is 2.96. The molecule has 1 unspecified atom stereocenters. The number of benzene rings is 3. The largest absolute Gasteiger partial charge is 0.491 e. The summed E-state index contributed by atoms with van der Waals surface area (Å²) in [6, 6.07) is 14.7. The molecule has 0 spiro atoms. The number of halogens is 2. The van der Waals surface area contributed by atoms with Gasteiger partial charge in [-0.15, -0.1) is 0 Å². The van der Waals surface area contributed by atoms with Crippen LogP contribution in [0.3, 0.4) is 0 Å². The molecule has 0 aliphatic rings. The van der Waals surface area contributed by atoms with E-state index in [4.69, 9.17) is 14.2 Å². The van der Waals surface area contributed by atoms with Crippen LogP contribution in [0.4, 0.5) is 8.78 Å². The van der Waals surface area contributed by atoms with Crippen molar-refractivity contribution in [3.05, 3.63) is 83.4 Å². The first-order valence-corrected chi connectivity index (χ1v) is 14.0. The lowest BCUT2D eigenvalue weighted by atomic mass is 10.0. The Labute approximate surface area is 235 Å². The molecule has 214 valence electrons. The Balaban J connectivity index is 1.55. The number of ether oxygens (including phenoxy) is 3. The van der Waals surface area contributed by atoms with Gasteiger partial charge in [0.2, 0.25) is 0 Å². The SMILES string of the molecule is CCCCCCCCOc1ccc(-c2ccc(C(=O)Oc3ccc(C(=O)OCC(C)CC)cc3F)cc2)cc1F. The second-order valence-electron chi connectivity index (χ2n) is 9.99. The third-order valence-electron chi connectivity index (χ3n) is 6.71. The summed E-state index contributed by atoms with van der Waals surface area (Å²) in [5.74, 6) is -2.58. The zero-order valence-electron chi connectivity index (χ0n) is 23.5. The summed E-state index contributed by atoms with van der Waals surface area (Å²) >= 11 is 0. The Morgan fingerprint density at radius 3 is 2.02 bits per heavy atom. The average molecular weight is 553 g/mol. The van der Waals surface area contributed by atoms with Crippen LogP contribution in [0.25, 0.3) is 11.1 Å². The van der Waals surface area contributed by atoms with Crippen molar-refractivity contribution < 1.29 is 32.6 Å². The summed E-state index contributed by atoms with van der Waals surface area (Å²) in [5, 5.41) is 0. The highest BCUT2D eigenvalue weighted by molar-refractivity contribution is 5.92. The van der Waals surface area contributed by atoms with Gasteiger partial charge in [0.05, 0.1) is 24.3 Å². The molecule has 7 heteroatoms. The van der Waals surface area contributed by atoms with Gasteiger partial charge in [-0.1, -0.05) is 77.5 Å². The van der Waals surface area contributed by atoms with Crippen LogP contribution in [0.5, 0.6) is 11.5 Å². The van der Waals surface area contributed by atoms with Crippen LogP contribution in [-0.4, -0.2) is 25.2 Å². The van der Waals surface area contributed by atoms with Gasteiger partial charge in [0.1, 0.15) is 0 Å². The van der Waals surface area contributed by atoms with Gasteiger partial charge in [-0.3, -0.25) is 0 Å². The predicted octanol–water partition coefficient (Wildman–Crippen LogP) is 8.79. The van der Waals surface area contributed by atoms with Gasteiger partial charge >= 0.3 is 11.9 Å². The standard InChI is InChI=1S/C33H38F2O5/c1-4-6-7-8-9-10-19-38-30-17-15-26(20-28(30)34)24-11-13-25(14-12-24)33(37)40-31-18-16-27(21-29(31)35)32(36)39-22-23(3)5-2/h11-18,20-21,23H,4-10,19,22H2,1-3H3. The van der Waals surface area contributed by atoms with Crippen molar-refractivity contribution in [2.24, 2.45) is 5.92 Å². The van der Waals surface area contributed by atoms with Crippen molar-refractivity contribution in [1.82, 2.24) is 0 Å². The molecule has 0 saturated carbocycles. The van der Waals surface area contributed by atoms with Crippen molar-refractivity contribution in [2.75, 3.05) is 13.2 Å². The first kappa shape index (κ1) is 30.8. The maximum absolute atomic E-state index is 14.6. The highest BCUT2D eigenvalue weighted by Crippen LogP contribution is 2.27. The highest BCUT2D eigenvalue weighted by atomic mass is 19.1. The minimum absolute atomic E-state index is 0.0380. The van der Waals surface area contributed by atoms with E-state index in [1.165, 1.54) is 56.0 Å². The Hall–Kier alpha value is -3.74. The van der Waals surface area contributed by atoms with E-state index in [0.717, 1.165) is 25.3 Å². The van der Waals surface area contributed by atoms with E-state index < -0.39 is 23.6 Å². The molecule has 0 N–H and O–H groups in total. The van der Waals surface area contributed by atoms with Crippen LogP contribution in [0.2, 0.25) is 0 Å². The fourth-order valence-corrected chi connectivity index (χ4v) is 3.95. The van der Waals surface area contributed by atoms with Gasteiger partial charge in [0.15, 0.2) is 23.1 Å². The van der Waals surface area contributed by atoms with E-state index in [2.05, 4.69) is 6.92 Å². The van der Waals surface area contributed by atoms with E-state index in [9.17, 15) is 18.4 Å². The quantitative estimate of drug-likeness (QED) is 0.107. The van der Waals surface area contributed by atoms with Gasteiger partial charge in [-0.2, -0.15) is 0 Å². The Bertz CT molecular complexity index is 1260. The van der Waals surface area contributed by atoms with Crippen LogP contribution in [0.1, 0.15) is 86.4 Å². The van der Waals surface area contributed by atoms with Gasteiger partial charge in [-0.05, 0) is 65.9 Å². The summed E-state index contributed by atoms with van der Waals surface area (Å²) in [4.78, 5) is 24.7. The summed E-state index contributed by atoms with van der Waals surface area (Å²) in [5.41, 5.74) is 1.56. The topological polar surface area (TPSA) is 61.8 Å². The number of unbranched alkanes of at least 4 members (excludes halogenated alkanes) is 5. The van der Waals surface area contributed by atoms with Crippen molar-refractivity contribution in [2.45, 2.75) is 65.7 Å². The summed E-state index contributed by atoms with van der Waals surface area (Å²) in [6.45, 7) is 6.83. The molecule has 0 bridgehead atoms. The molecule has 0 fully saturated rings. The van der Waals surface area contributed by atoms with Crippen molar-refractivity contribution in [3.63, 3.8) is 0 Å². The minimum Gasteiger partial charge on any atom is -0.491 e. The van der Waals surface area contributed by atoms with Crippen molar-refractivity contribution in [3.8, 4) is 22.6 Å². The molecule has 0 radical (unpaired) electrons. The monoisotopic (exact) mass is 552 g/mol. The molecule has 40 heavy (non-hydrogen) atoms. The van der Waals surface area contributed by atoms with Gasteiger partial charge in [0.25, 0.3) is 0 Å². The number of rotatable bonds is 15. The van der Waals surface area contributed by atoms with Crippen molar-refractivity contribution in [1.29, 1.82) is 0 Å². The zero-order valence-corrected chi connectivity index (χ0v) is 23.5. The van der Waals surface area contributed by atoms with Crippen LogP contribution in [0, 0.1) is 17.6 Å². The van der Waals surface area contributed by atoms with Crippen LogP contribution in [-0.2, 0) is 4.74 Å². The van der Waals surface area contributed by atoms with E-state index >= 15 is 0 Å². The third-order valence-corrected chi connectivity index (χ3v) is 6.71. The lowest BCUT2D eigenvalue weighted by molar-refractivity contribution is 0.0446. The molecular weight excluding hydrogens is 514 g/mol. The fourth-order valence-electron chi connectivity index (χ4n) is 3.95. The summed E-state index contributed by atoms with van der Waals surface area (Å²) in [7, 11) is 0. The van der Waals surface area contributed by atoms with Crippen molar-refractivity contribution >= 4 is 11.9 Å². The van der Waals surface area contributed by atoms with E-state index in [-0.39, 0.29) is 35.2 Å². The van der Waals surface area contributed by atoms with Crippen LogP contribution < -0.4 is 9.47 Å². The molecule has 3 aromatic rings. The molecular formula is C33H38F2O5. The first-order chi connectivity index (χ1) is 19.3. The minimum atomic E-state index is -0.850. The first-order valence-electron chi connectivity index (χ1n) is 14.0. The van der Waals surface area contributed by atoms with Gasteiger partial charge < -0.3 is 14.2 Å². The fraction of sp³-hybridized carbons (Fsp3) is 0.394. The number of hydrogen-bond acceptors (Lipinski definition) is 5. The van der Waals surface area contributed by atoms with E-state index in [0.29, 0.717) is 17.7 Å². The molecule has 5 nitrogen and oxygen atoms in total. The number of hydrogen-bond donors (Lipinski definition) is 0. The second kappa shape index (κ2) is 15.8. The van der Waals surface area contributed by atoms with Crippen LogP contribution in [0.15, 0.2) is 60.7 Å². The lowest BCUT2D eigenvalue weighted by Crippen LogP contribution is -2.13. The third kappa shape index (κ3) is 9.18. The highest BCUT2D eigenvalue weighted by Gasteiger charge is 2.16. The Kier molecular flexibility index (Phi) is 12.1. The number of carbonyl (C=O) groups excluding carboxylic acids is 2. The molecule has 0 aromatic heterocycles. The van der Waals surface area contributed by atoms with Gasteiger partial charge in [-0.25, -0.2) is 18.4 Å². The van der Waals surface area contributed by atoms with E-state index in [1.54, 1.807) is 24.3 Å². The number of carbonyl (C=O) groups is 2. The summed E-state index contributed by atoms with van der Waals surface area (Å²) < 4.78 is 45.1. The number of esters is 2. The Morgan fingerprint density at radius 1 is 0.725 bits per heavy atom. The normalized spacial score (nSPS) is 11.6. The Morgan fingerprint density at radius 2 is 1.35 bits per heavy atom. The predicted molar refractivity (Wildman–Crippen MR) is 152 cm³/mol. The molecule has 0 heterocycles. The maximum Gasteiger partial charge on any atom is 0.343 e. The second-order valence-corrected chi connectivity index (χ2v) is 9.99. The molecule has 0 aliphatic heterocycles. The molecule has 0 amide bonds. The molecule has 0 aliphatic carbocycles. The van der Waals surface area contributed by atoms with Crippen LogP contribution >= 0.6 is 0 Å². The molecule has 0 saturated heterocycles.